The average Bonchev–Trinajstić information content (AvgIpc) is 2.53. The highest BCUT2D eigenvalue weighted by atomic mass is 16.6. The summed E-state index contributed by atoms with van der Waals surface area (Å²) in [5, 5.41) is 13.4. The molecule has 1 aliphatic heterocycles. The number of nitrogens with zero attached hydrogens (tertiary/aromatic N) is 2. The molecule has 9 heteroatoms. The van der Waals surface area contributed by atoms with Crippen molar-refractivity contribution in [2.45, 2.75) is 51.7 Å². The number of carbonyl (C=O) groups is 2. The van der Waals surface area contributed by atoms with Crippen LogP contribution in [-0.2, 0) is 4.74 Å². The number of benzene rings is 1. The van der Waals surface area contributed by atoms with Crippen LogP contribution >= 0.6 is 0 Å². The molecule has 148 valence electrons. The number of hydrogen-bond donors (Lipinski definition) is 1. The third-order valence-corrected chi connectivity index (χ3v) is 4.01. The van der Waals surface area contributed by atoms with Gasteiger partial charge in [-0.15, -0.1) is 0 Å². The van der Waals surface area contributed by atoms with E-state index in [1.54, 1.807) is 25.7 Å². The van der Waals surface area contributed by atoms with Crippen molar-refractivity contribution in [1.29, 1.82) is 0 Å². The second kappa shape index (κ2) is 7.81. The Bertz CT molecular complexity index is 713. The number of carbonyl (C=O) groups excluding carboxylic acids is 2. The molecule has 2 rings (SSSR count). The molecule has 1 fully saturated rings. The van der Waals surface area contributed by atoms with Crippen LogP contribution in [0.3, 0.4) is 0 Å². The standard InChI is InChI=1S/C18H25N3O6/c1-17(2,3)27-16(23)20-11-5-10-18(4,12-20)19-15(22)26-14-8-6-13(7-9-14)21(24)25/h6-9H,5,10-12H2,1-4H3,(H,19,22)/t18-/m1/s1. The lowest BCUT2D eigenvalue weighted by Crippen LogP contribution is -2.58. The average molecular weight is 379 g/mol. The fraction of sp³-hybridized carbons (Fsp3) is 0.556. The zero-order valence-electron chi connectivity index (χ0n) is 16.0. The molecule has 0 radical (unpaired) electrons. The van der Waals surface area contributed by atoms with Crippen LogP contribution in [0.4, 0.5) is 15.3 Å². The minimum absolute atomic E-state index is 0.0880. The predicted molar refractivity (Wildman–Crippen MR) is 97.7 cm³/mol. The Balaban J connectivity index is 1.95. The van der Waals surface area contributed by atoms with Crippen molar-refractivity contribution in [2.75, 3.05) is 13.1 Å². The second-order valence-corrected chi connectivity index (χ2v) is 7.83. The minimum Gasteiger partial charge on any atom is -0.444 e. The number of ether oxygens (including phenoxy) is 2. The van der Waals surface area contributed by atoms with Crippen LogP contribution < -0.4 is 10.1 Å². The summed E-state index contributed by atoms with van der Waals surface area (Å²) < 4.78 is 10.6. The van der Waals surface area contributed by atoms with Gasteiger partial charge >= 0.3 is 12.2 Å². The maximum atomic E-state index is 12.3. The fourth-order valence-corrected chi connectivity index (χ4v) is 2.84. The van der Waals surface area contributed by atoms with E-state index in [2.05, 4.69) is 5.32 Å². The first-order valence-electron chi connectivity index (χ1n) is 8.70. The maximum Gasteiger partial charge on any atom is 0.413 e. The smallest absolute Gasteiger partial charge is 0.413 e. The number of hydrogen-bond acceptors (Lipinski definition) is 6. The van der Waals surface area contributed by atoms with Crippen LogP contribution in [0, 0.1) is 10.1 Å². The summed E-state index contributed by atoms with van der Waals surface area (Å²) in [4.78, 5) is 36.2. The Kier molecular flexibility index (Phi) is 5.92. The topological polar surface area (TPSA) is 111 Å². The Hall–Kier alpha value is -2.84. The van der Waals surface area contributed by atoms with E-state index in [1.165, 1.54) is 24.3 Å². The van der Waals surface area contributed by atoms with Crippen molar-refractivity contribution >= 4 is 17.9 Å². The van der Waals surface area contributed by atoms with Gasteiger partial charge in [0.15, 0.2) is 0 Å². The first-order valence-corrected chi connectivity index (χ1v) is 8.70. The third-order valence-electron chi connectivity index (χ3n) is 4.01. The van der Waals surface area contributed by atoms with Gasteiger partial charge in [0.1, 0.15) is 11.4 Å². The van der Waals surface area contributed by atoms with E-state index in [4.69, 9.17) is 9.47 Å². The first-order chi connectivity index (χ1) is 12.5. The number of nitro groups is 1. The highest BCUT2D eigenvalue weighted by molar-refractivity contribution is 5.72. The normalized spacial score (nSPS) is 19.9. The summed E-state index contributed by atoms with van der Waals surface area (Å²) in [6, 6.07) is 5.23. The summed E-state index contributed by atoms with van der Waals surface area (Å²) >= 11 is 0. The first kappa shape index (κ1) is 20.5. The summed E-state index contributed by atoms with van der Waals surface area (Å²) in [5.41, 5.74) is -1.34. The molecule has 1 aromatic rings. The molecule has 1 atom stereocenters. The number of amides is 2. The van der Waals surface area contributed by atoms with Crippen molar-refractivity contribution in [1.82, 2.24) is 10.2 Å². The molecule has 2 amide bonds. The van der Waals surface area contributed by atoms with E-state index >= 15 is 0 Å². The number of rotatable bonds is 3. The Morgan fingerprint density at radius 2 is 1.89 bits per heavy atom. The number of likely N-dealkylation sites (tertiary alicyclic amines) is 1. The number of nitrogens with one attached hydrogen (secondary N) is 1. The SMILES string of the molecule is CC(C)(C)OC(=O)N1CCC[C@@](C)(NC(=O)Oc2ccc([N+](=O)[O-])cc2)C1. The van der Waals surface area contributed by atoms with E-state index in [1.807, 2.05) is 6.92 Å². The molecule has 0 saturated carbocycles. The lowest BCUT2D eigenvalue weighted by molar-refractivity contribution is -0.384. The van der Waals surface area contributed by atoms with E-state index in [-0.39, 0.29) is 11.4 Å². The van der Waals surface area contributed by atoms with Crippen LogP contribution in [-0.4, -0.2) is 46.2 Å². The van der Waals surface area contributed by atoms with E-state index in [9.17, 15) is 19.7 Å². The van der Waals surface area contributed by atoms with Gasteiger partial charge in [0, 0.05) is 25.2 Å². The molecule has 0 unspecified atom stereocenters. The molecule has 0 aliphatic carbocycles. The van der Waals surface area contributed by atoms with Crippen molar-refractivity contribution in [3.8, 4) is 5.75 Å². The van der Waals surface area contributed by atoms with Gasteiger partial charge in [0.25, 0.3) is 5.69 Å². The molecule has 0 aromatic heterocycles. The summed E-state index contributed by atoms with van der Waals surface area (Å²) in [7, 11) is 0. The molecule has 9 nitrogen and oxygen atoms in total. The molecule has 0 spiro atoms. The van der Waals surface area contributed by atoms with Crippen molar-refractivity contribution in [2.24, 2.45) is 0 Å². The van der Waals surface area contributed by atoms with Gasteiger partial charge in [-0.05, 0) is 52.7 Å². The monoisotopic (exact) mass is 379 g/mol. The minimum atomic E-state index is -0.683. The maximum absolute atomic E-state index is 12.3. The van der Waals surface area contributed by atoms with Crippen LogP contribution in [0.1, 0.15) is 40.5 Å². The van der Waals surface area contributed by atoms with E-state index in [0.717, 1.165) is 0 Å². The van der Waals surface area contributed by atoms with E-state index < -0.39 is 28.2 Å². The van der Waals surface area contributed by atoms with Gasteiger partial charge in [-0.2, -0.15) is 0 Å². The molecule has 1 N–H and O–H groups in total. The number of nitro benzene ring substituents is 1. The zero-order chi connectivity index (χ0) is 20.2. The Morgan fingerprint density at radius 1 is 1.26 bits per heavy atom. The highest BCUT2D eigenvalue weighted by Gasteiger charge is 2.36. The van der Waals surface area contributed by atoms with Gasteiger partial charge in [0.05, 0.1) is 10.5 Å². The third kappa shape index (κ3) is 6.12. The molecular formula is C18H25N3O6. The molecule has 0 bridgehead atoms. The molecule has 1 aromatic carbocycles. The zero-order valence-corrected chi connectivity index (χ0v) is 16.0. The molecule has 1 saturated heterocycles. The van der Waals surface area contributed by atoms with Crippen LogP contribution in [0.2, 0.25) is 0 Å². The summed E-state index contributed by atoms with van der Waals surface area (Å²) in [6.45, 7) is 8.09. The highest BCUT2D eigenvalue weighted by Crippen LogP contribution is 2.23. The van der Waals surface area contributed by atoms with Crippen molar-refractivity contribution in [3.63, 3.8) is 0 Å². The Labute approximate surface area is 157 Å². The lowest BCUT2D eigenvalue weighted by Gasteiger charge is -2.40. The number of piperidine rings is 1. The van der Waals surface area contributed by atoms with Crippen LogP contribution in [0.25, 0.3) is 0 Å². The van der Waals surface area contributed by atoms with Gasteiger partial charge < -0.3 is 19.7 Å². The van der Waals surface area contributed by atoms with Gasteiger partial charge in [-0.25, -0.2) is 9.59 Å². The van der Waals surface area contributed by atoms with Crippen LogP contribution in [0.15, 0.2) is 24.3 Å². The predicted octanol–water partition coefficient (Wildman–Crippen LogP) is 3.47. The van der Waals surface area contributed by atoms with Crippen molar-refractivity contribution < 1.29 is 24.0 Å². The van der Waals surface area contributed by atoms with Gasteiger partial charge in [-0.1, -0.05) is 0 Å². The number of non-ortho nitro benzene ring substituents is 1. The van der Waals surface area contributed by atoms with Crippen molar-refractivity contribution in [3.05, 3.63) is 34.4 Å². The second-order valence-electron chi connectivity index (χ2n) is 7.83. The molecule has 27 heavy (non-hydrogen) atoms. The Morgan fingerprint density at radius 3 is 2.44 bits per heavy atom. The largest absolute Gasteiger partial charge is 0.444 e. The molecule has 1 heterocycles. The quantitative estimate of drug-likeness (QED) is 0.636. The summed E-state index contributed by atoms with van der Waals surface area (Å²) in [6.07, 6.45) is 0.297. The summed E-state index contributed by atoms with van der Waals surface area (Å²) in [5.74, 6) is 0.196. The van der Waals surface area contributed by atoms with E-state index in [0.29, 0.717) is 25.9 Å². The van der Waals surface area contributed by atoms with Gasteiger partial charge in [0.2, 0.25) is 0 Å². The van der Waals surface area contributed by atoms with Crippen LogP contribution in [0.5, 0.6) is 5.75 Å². The fourth-order valence-electron chi connectivity index (χ4n) is 2.84. The molecule has 1 aliphatic rings. The molecular weight excluding hydrogens is 354 g/mol. The van der Waals surface area contributed by atoms with Gasteiger partial charge in [-0.3, -0.25) is 10.1 Å². The lowest BCUT2D eigenvalue weighted by atomic mass is 9.91.